The number of benzene rings is 1. The number of hydrogen-bond donors (Lipinski definition) is 5. The van der Waals surface area contributed by atoms with Crippen LogP contribution < -0.4 is 16.2 Å². The lowest BCUT2D eigenvalue weighted by atomic mass is 10.2. The van der Waals surface area contributed by atoms with Gasteiger partial charge in [0.15, 0.2) is 0 Å². The number of halogens is 1. The summed E-state index contributed by atoms with van der Waals surface area (Å²) < 4.78 is 22.4. The van der Waals surface area contributed by atoms with Crippen LogP contribution in [0.3, 0.4) is 0 Å². The maximum Gasteiger partial charge on any atom is 0.268 e. The number of carbonyl (C=O) groups excluding carboxylic acids is 2. The zero-order valence-electron chi connectivity index (χ0n) is 17.9. The maximum absolute atomic E-state index is 12.9. The molecule has 2 amide bonds. The fourth-order valence-corrected chi connectivity index (χ4v) is 5.21. The van der Waals surface area contributed by atoms with Gasteiger partial charge in [0.05, 0.1) is 12.4 Å². The number of amides is 2. The summed E-state index contributed by atoms with van der Waals surface area (Å²) in [5.74, 6) is -0.851. The van der Waals surface area contributed by atoms with E-state index in [0.717, 1.165) is 10.1 Å². The summed E-state index contributed by atoms with van der Waals surface area (Å²) in [6, 6.07) is 9.52. The minimum Gasteiger partial charge on any atom is -0.395 e. The van der Waals surface area contributed by atoms with Crippen LogP contribution in [0.25, 0.3) is 0 Å². The Labute approximate surface area is 197 Å². The number of hydrogen-bond acceptors (Lipinski definition) is 7. The topological polar surface area (TPSA) is 144 Å². The molecule has 1 aliphatic rings. The van der Waals surface area contributed by atoms with Crippen molar-refractivity contribution >= 4 is 34.2 Å². The molecule has 1 fully saturated rings. The van der Waals surface area contributed by atoms with Crippen LogP contribution in [0.1, 0.15) is 32.8 Å². The molecule has 0 aliphatic carbocycles. The second-order valence-electron chi connectivity index (χ2n) is 7.50. The Morgan fingerprint density at radius 2 is 1.76 bits per heavy atom. The fraction of sp³-hybridized carbons (Fsp3) is 0.381. The molecule has 1 saturated heterocycles. The fourth-order valence-electron chi connectivity index (χ4n) is 3.50. The minimum absolute atomic E-state index is 0.00340. The molecule has 1 aromatic heterocycles. The second kappa shape index (κ2) is 11.1. The first-order valence-corrected chi connectivity index (χ1v) is 12.4. The molecule has 1 aromatic carbocycles. The third-order valence-corrected chi connectivity index (χ3v) is 7.51. The highest BCUT2D eigenvalue weighted by Gasteiger charge is 2.28. The zero-order valence-corrected chi connectivity index (χ0v) is 19.4. The van der Waals surface area contributed by atoms with Crippen LogP contribution in [-0.2, 0) is 13.1 Å². The lowest BCUT2D eigenvalue weighted by molar-refractivity contribution is 0.0927. The first-order chi connectivity index (χ1) is 15.7. The van der Waals surface area contributed by atoms with Crippen LogP contribution in [-0.4, -0.2) is 66.9 Å². The molecule has 0 spiro atoms. The Morgan fingerprint density at radius 3 is 2.39 bits per heavy atom. The number of aliphatic hydroxyl groups excluding tert-OH is 1. The number of rotatable bonds is 9. The summed E-state index contributed by atoms with van der Waals surface area (Å²) in [6.07, 6.45) is 0.674. The van der Waals surface area contributed by atoms with E-state index in [4.69, 9.17) is 11.6 Å². The molecule has 2 heterocycles. The molecular weight excluding hydrogens is 472 g/mol. The number of nitrogens with zero attached hydrogens (tertiary/aromatic N) is 2. The molecule has 0 radical (unpaired) electrons. The highest BCUT2D eigenvalue weighted by Crippen LogP contribution is 2.47. The second-order valence-corrected chi connectivity index (χ2v) is 10.1. The van der Waals surface area contributed by atoms with Crippen molar-refractivity contribution in [3.63, 3.8) is 0 Å². The first-order valence-electron chi connectivity index (χ1n) is 10.4. The molecule has 0 unspecified atom stereocenters. The highest BCUT2D eigenvalue weighted by molar-refractivity contribution is 8.22. The van der Waals surface area contributed by atoms with Crippen molar-refractivity contribution in [2.75, 3.05) is 32.0 Å². The quantitative estimate of drug-likeness (QED) is 0.352. The van der Waals surface area contributed by atoms with Crippen molar-refractivity contribution in [1.29, 1.82) is 0 Å². The van der Waals surface area contributed by atoms with E-state index in [9.17, 15) is 28.6 Å². The van der Waals surface area contributed by atoms with Gasteiger partial charge in [0, 0.05) is 37.7 Å². The predicted molar refractivity (Wildman–Crippen MR) is 127 cm³/mol. The van der Waals surface area contributed by atoms with Crippen LogP contribution in [0, 0.1) is 0 Å². The van der Waals surface area contributed by atoms with Gasteiger partial charge in [-0.2, -0.15) is 0 Å². The van der Waals surface area contributed by atoms with Gasteiger partial charge in [-0.1, -0.05) is 23.7 Å². The van der Waals surface area contributed by atoms with Gasteiger partial charge < -0.3 is 20.3 Å². The Hall–Kier alpha value is -2.41. The van der Waals surface area contributed by atoms with Crippen LogP contribution in [0.5, 0.6) is 0 Å². The van der Waals surface area contributed by atoms with Crippen LogP contribution >= 0.6 is 22.4 Å². The van der Waals surface area contributed by atoms with Crippen LogP contribution in [0.2, 0.25) is 5.02 Å². The van der Waals surface area contributed by atoms with Crippen molar-refractivity contribution in [1.82, 2.24) is 19.5 Å². The standard InChI is InChI=1S/C21H27ClN4O6S/c22-16-4-2-15(3-5-16)14-24-19(28)17-6-7-18(26(11-12-27)21(17)30)20(29)23-8-10-25-9-1-13-33(25,31)32/h2-7,27,31-32H,1,8-14H2,(H,23,29)(H,24,28). The number of pyridine rings is 1. The van der Waals surface area contributed by atoms with Gasteiger partial charge in [-0.05, 0) is 36.2 Å². The molecule has 12 heteroatoms. The molecule has 2 aromatic rings. The molecule has 3 rings (SSSR count). The van der Waals surface area contributed by atoms with Crippen molar-refractivity contribution in [3.05, 3.63) is 68.6 Å². The Bertz CT molecular complexity index is 1060. The summed E-state index contributed by atoms with van der Waals surface area (Å²) in [7, 11) is -2.77. The Morgan fingerprint density at radius 1 is 1.03 bits per heavy atom. The van der Waals surface area contributed by atoms with Crippen LogP contribution in [0.4, 0.5) is 0 Å². The molecule has 10 nitrogen and oxygen atoms in total. The molecule has 5 N–H and O–H groups in total. The molecule has 1 aliphatic heterocycles. The average Bonchev–Trinajstić information content (AvgIpc) is 3.12. The summed E-state index contributed by atoms with van der Waals surface area (Å²) in [5, 5.41) is 15.2. The van der Waals surface area contributed by atoms with E-state index in [1.807, 2.05) is 0 Å². The van der Waals surface area contributed by atoms with Crippen molar-refractivity contribution < 1.29 is 23.8 Å². The van der Waals surface area contributed by atoms with E-state index in [1.54, 1.807) is 24.3 Å². The van der Waals surface area contributed by atoms with Gasteiger partial charge in [0.2, 0.25) is 0 Å². The number of carbonyl (C=O) groups is 2. The van der Waals surface area contributed by atoms with E-state index in [0.29, 0.717) is 23.7 Å². The van der Waals surface area contributed by atoms with E-state index in [2.05, 4.69) is 10.6 Å². The third kappa shape index (κ3) is 6.34. The maximum atomic E-state index is 12.9. The monoisotopic (exact) mass is 498 g/mol. The molecule has 33 heavy (non-hydrogen) atoms. The van der Waals surface area contributed by atoms with E-state index in [1.165, 1.54) is 16.4 Å². The van der Waals surface area contributed by atoms with E-state index in [-0.39, 0.29) is 37.4 Å². The van der Waals surface area contributed by atoms with Crippen molar-refractivity contribution in [2.45, 2.75) is 19.5 Å². The van der Waals surface area contributed by atoms with Gasteiger partial charge in [-0.25, -0.2) is 4.31 Å². The lowest BCUT2D eigenvalue weighted by Gasteiger charge is -2.36. The van der Waals surface area contributed by atoms with Crippen molar-refractivity contribution in [2.24, 2.45) is 0 Å². The van der Waals surface area contributed by atoms with Gasteiger partial charge in [0.25, 0.3) is 17.4 Å². The average molecular weight is 499 g/mol. The first kappa shape index (κ1) is 25.2. The third-order valence-electron chi connectivity index (χ3n) is 5.23. The van der Waals surface area contributed by atoms with Gasteiger partial charge in [0.1, 0.15) is 11.3 Å². The zero-order chi connectivity index (χ0) is 24.0. The number of aromatic nitrogens is 1. The molecule has 180 valence electrons. The number of aliphatic hydroxyl groups is 1. The normalized spacial score (nSPS) is 16.4. The SMILES string of the molecule is O=C(NCc1ccc(Cl)cc1)c1ccc(C(=O)NCCN2CCCS2(O)O)n(CCO)c1=O. The molecule has 0 bridgehead atoms. The molecule has 0 saturated carbocycles. The molecular formula is C21H27ClN4O6S. The highest BCUT2D eigenvalue weighted by atomic mass is 35.5. The largest absolute Gasteiger partial charge is 0.395 e. The van der Waals surface area contributed by atoms with Crippen LogP contribution in [0.15, 0.2) is 41.2 Å². The van der Waals surface area contributed by atoms with Gasteiger partial charge in [-0.3, -0.25) is 23.5 Å². The summed E-state index contributed by atoms with van der Waals surface area (Å²) in [5.41, 5.74) is -0.0515. The summed E-state index contributed by atoms with van der Waals surface area (Å²) >= 11 is 5.85. The smallest absolute Gasteiger partial charge is 0.268 e. The predicted octanol–water partition coefficient (Wildman–Crippen LogP) is 1.53. The van der Waals surface area contributed by atoms with Crippen molar-refractivity contribution in [3.8, 4) is 0 Å². The Kier molecular flexibility index (Phi) is 8.51. The summed E-state index contributed by atoms with van der Waals surface area (Å²) in [4.78, 5) is 38.1. The minimum atomic E-state index is -2.77. The lowest BCUT2D eigenvalue weighted by Crippen LogP contribution is -2.39. The van der Waals surface area contributed by atoms with E-state index < -0.39 is 34.8 Å². The molecule has 0 atom stereocenters. The van der Waals surface area contributed by atoms with E-state index >= 15 is 0 Å². The number of nitrogens with one attached hydrogen (secondary N) is 2. The van der Waals surface area contributed by atoms with Gasteiger partial charge in [-0.15, -0.1) is 10.8 Å². The summed E-state index contributed by atoms with van der Waals surface area (Å²) in [6.45, 7) is 0.562. The van der Waals surface area contributed by atoms with Gasteiger partial charge >= 0.3 is 0 Å². The Balaban J connectivity index is 1.68.